The highest BCUT2D eigenvalue weighted by molar-refractivity contribution is 9.10. The van der Waals surface area contributed by atoms with Crippen molar-refractivity contribution in [3.05, 3.63) is 45.7 Å². The molecule has 0 saturated heterocycles. The van der Waals surface area contributed by atoms with Crippen LogP contribution in [-0.4, -0.2) is 5.91 Å². The summed E-state index contributed by atoms with van der Waals surface area (Å²) in [4.78, 5) is 14.7. The van der Waals surface area contributed by atoms with Crippen LogP contribution in [0.3, 0.4) is 0 Å². The first kappa shape index (κ1) is 10.4. The third-order valence-electron chi connectivity index (χ3n) is 3.11. The van der Waals surface area contributed by atoms with Crippen molar-refractivity contribution in [3.8, 4) is 0 Å². The molecule has 1 aliphatic rings. The molecule has 0 spiro atoms. The standard InChI is InChI=1S/C12H10BrNO/c1-14-11(15)12(7-2-8-12)9-3-5-10(13)6-4-9/h3-6H,2,7-8H2. The number of benzene rings is 1. The predicted octanol–water partition coefficient (Wildman–Crippen LogP) is 3.32. The molecule has 76 valence electrons. The third kappa shape index (κ3) is 1.59. The topological polar surface area (TPSA) is 21.4 Å². The molecule has 1 aromatic rings. The predicted molar refractivity (Wildman–Crippen MR) is 61.3 cm³/mol. The van der Waals surface area contributed by atoms with Gasteiger partial charge in [0.05, 0.1) is 12.0 Å². The van der Waals surface area contributed by atoms with E-state index in [1.54, 1.807) is 0 Å². The minimum atomic E-state index is -0.498. The maximum absolute atomic E-state index is 11.6. The molecule has 1 aliphatic carbocycles. The van der Waals surface area contributed by atoms with Gasteiger partial charge in [-0.05, 0) is 30.5 Å². The Hall–Kier alpha value is -1.14. The molecule has 1 fully saturated rings. The van der Waals surface area contributed by atoms with E-state index in [-0.39, 0.29) is 5.91 Å². The van der Waals surface area contributed by atoms with Crippen molar-refractivity contribution in [2.75, 3.05) is 0 Å². The number of carbonyl (C=O) groups is 1. The fourth-order valence-electron chi connectivity index (χ4n) is 2.03. The van der Waals surface area contributed by atoms with Crippen LogP contribution in [-0.2, 0) is 10.2 Å². The second-order valence-electron chi connectivity index (χ2n) is 3.86. The van der Waals surface area contributed by atoms with Crippen LogP contribution >= 0.6 is 15.9 Å². The monoisotopic (exact) mass is 263 g/mol. The van der Waals surface area contributed by atoms with E-state index < -0.39 is 5.41 Å². The summed E-state index contributed by atoms with van der Waals surface area (Å²) >= 11 is 3.36. The molecule has 0 aliphatic heterocycles. The van der Waals surface area contributed by atoms with Crippen molar-refractivity contribution in [2.45, 2.75) is 24.7 Å². The molecule has 1 saturated carbocycles. The molecule has 0 radical (unpaired) electrons. The van der Waals surface area contributed by atoms with Crippen molar-refractivity contribution in [1.82, 2.24) is 0 Å². The molecule has 0 N–H and O–H groups in total. The molecule has 0 unspecified atom stereocenters. The van der Waals surface area contributed by atoms with Crippen molar-refractivity contribution in [1.29, 1.82) is 0 Å². The SMILES string of the molecule is [C-]#[N+]C(=O)C1(c2ccc(Br)cc2)CCC1. The first-order valence-corrected chi connectivity index (χ1v) is 5.66. The molecule has 1 aromatic carbocycles. The molecule has 0 heterocycles. The van der Waals surface area contributed by atoms with Crippen molar-refractivity contribution in [2.24, 2.45) is 0 Å². The van der Waals surface area contributed by atoms with Crippen LogP contribution in [0.15, 0.2) is 28.7 Å². The molecular weight excluding hydrogens is 254 g/mol. The summed E-state index contributed by atoms with van der Waals surface area (Å²) in [6.45, 7) is 6.86. The van der Waals surface area contributed by atoms with E-state index in [4.69, 9.17) is 6.57 Å². The lowest BCUT2D eigenvalue weighted by Crippen LogP contribution is -2.40. The van der Waals surface area contributed by atoms with Gasteiger partial charge < -0.3 is 4.79 Å². The highest BCUT2D eigenvalue weighted by Crippen LogP contribution is 2.45. The lowest BCUT2D eigenvalue weighted by Gasteiger charge is -2.38. The number of nitrogens with zero attached hydrogens (tertiary/aromatic N) is 1. The zero-order chi connectivity index (χ0) is 10.9. The summed E-state index contributed by atoms with van der Waals surface area (Å²) in [5.41, 5.74) is 0.487. The Labute approximate surface area is 97.2 Å². The van der Waals surface area contributed by atoms with Gasteiger partial charge in [-0.15, -0.1) is 0 Å². The third-order valence-corrected chi connectivity index (χ3v) is 3.64. The molecule has 3 heteroatoms. The van der Waals surface area contributed by atoms with Gasteiger partial charge >= 0.3 is 5.91 Å². The van der Waals surface area contributed by atoms with Crippen molar-refractivity contribution >= 4 is 21.8 Å². The van der Waals surface area contributed by atoms with Gasteiger partial charge in [0.2, 0.25) is 0 Å². The Kier molecular flexibility index (Phi) is 2.62. The summed E-state index contributed by atoms with van der Waals surface area (Å²) in [6.07, 6.45) is 2.67. The van der Waals surface area contributed by atoms with E-state index in [0.717, 1.165) is 29.3 Å². The normalized spacial score (nSPS) is 17.6. The van der Waals surface area contributed by atoms with Crippen LogP contribution in [0.2, 0.25) is 0 Å². The molecule has 15 heavy (non-hydrogen) atoms. The highest BCUT2D eigenvalue weighted by atomic mass is 79.9. The van der Waals surface area contributed by atoms with Crippen molar-refractivity contribution < 1.29 is 4.79 Å². The van der Waals surface area contributed by atoms with Crippen LogP contribution < -0.4 is 0 Å². The maximum atomic E-state index is 11.6. The van der Waals surface area contributed by atoms with E-state index in [2.05, 4.69) is 20.8 Å². The molecule has 2 nitrogen and oxygen atoms in total. The summed E-state index contributed by atoms with van der Waals surface area (Å²) in [6, 6.07) is 7.72. The van der Waals surface area contributed by atoms with Gasteiger partial charge in [-0.25, -0.2) is 0 Å². The Morgan fingerprint density at radius 3 is 2.33 bits per heavy atom. The minimum Gasteiger partial charge on any atom is -0.314 e. The largest absolute Gasteiger partial charge is 0.365 e. The van der Waals surface area contributed by atoms with Gasteiger partial charge in [0.1, 0.15) is 0 Å². The lowest BCUT2D eigenvalue weighted by molar-refractivity contribution is -0.123. The van der Waals surface area contributed by atoms with Gasteiger partial charge in [0, 0.05) is 4.47 Å². The highest BCUT2D eigenvalue weighted by Gasteiger charge is 2.45. The van der Waals surface area contributed by atoms with Gasteiger partial charge in [0.15, 0.2) is 0 Å². The molecule has 0 bridgehead atoms. The number of rotatable bonds is 2. The fourth-order valence-corrected chi connectivity index (χ4v) is 2.30. The van der Waals surface area contributed by atoms with Crippen LogP contribution in [0, 0.1) is 6.57 Å². The van der Waals surface area contributed by atoms with E-state index in [1.165, 1.54) is 0 Å². The van der Waals surface area contributed by atoms with Crippen LogP contribution in [0.1, 0.15) is 24.8 Å². The summed E-state index contributed by atoms with van der Waals surface area (Å²) < 4.78 is 0.996. The van der Waals surface area contributed by atoms with Crippen LogP contribution in [0.4, 0.5) is 0 Å². The second kappa shape index (κ2) is 3.79. The van der Waals surface area contributed by atoms with Gasteiger partial charge in [-0.2, -0.15) is 4.85 Å². The van der Waals surface area contributed by atoms with E-state index in [9.17, 15) is 4.79 Å². The van der Waals surface area contributed by atoms with E-state index in [0.29, 0.717) is 0 Å². The van der Waals surface area contributed by atoms with Gasteiger partial charge in [-0.3, -0.25) is 0 Å². The number of carbonyl (C=O) groups excluding carboxylic acids is 1. The minimum absolute atomic E-state index is 0.309. The Bertz CT molecular complexity index is 426. The zero-order valence-corrected chi connectivity index (χ0v) is 9.75. The maximum Gasteiger partial charge on any atom is 0.365 e. The van der Waals surface area contributed by atoms with Crippen LogP contribution in [0.5, 0.6) is 0 Å². The Morgan fingerprint density at radius 2 is 1.93 bits per heavy atom. The molecule has 0 atom stereocenters. The fraction of sp³-hybridized carbons (Fsp3) is 0.333. The quantitative estimate of drug-likeness (QED) is 0.751. The number of hydrogen-bond acceptors (Lipinski definition) is 1. The first-order valence-electron chi connectivity index (χ1n) is 4.87. The van der Waals surface area contributed by atoms with Crippen molar-refractivity contribution in [3.63, 3.8) is 0 Å². The summed E-state index contributed by atoms with van der Waals surface area (Å²) in [5.74, 6) is -0.309. The smallest absolute Gasteiger partial charge is 0.314 e. The molecule has 2 rings (SSSR count). The van der Waals surface area contributed by atoms with E-state index >= 15 is 0 Å². The van der Waals surface area contributed by atoms with Crippen LogP contribution in [0.25, 0.3) is 4.85 Å². The van der Waals surface area contributed by atoms with Gasteiger partial charge in [-0.1, -0.05) is 34.5 Å². The molecule has 0 aromatic heterocycles. The Morgan fingerprint density at radius 1 is 1.33 bits per heavy atom. The van der Waals surface area contributed by atoms with E-state index in [1.807, 2.05) is 24.3 Å². The first-order chi connectivity index (χ1) is 7.19. The average Bonchev–Trinajstić information content (AvgIpc) is 2.19. The van der Waals surface area contributed by atoms with Gasteiger partial charge in [0.25, 0.3) is 0 Å². The lowest BCUT2D eigenvalue weighted by atomic mass is 9.64. The number of amides is 1. The second-order valence-corrected chi connectivity index (χ2v) is 4.78. The number of halogens is 1. The molecular formula is C12H10BrNO. The average molecular weight is 264 g/mol. The zero-order valence-electron chi connectivity index (χ0n) is 8.16. The molecule has 1 amide bonds. The number of hydrogen-bond donors (Lipinski definition) is 0. The summed E-state index contributed by atoms with van der Waals surface area (Å²) in [5, 5.41) is 0. The Balaban J connectivity index is 2.39. The summed E-state index contributed by atoms with van der Waals surface area (Å²) in [7, 11) is 0.